The fourth-order valence-corrected chi connectivity index (χ4v) is 3.07. The molecular weight excluding hydrogens is 292 g/mol. The number of anilines is 2. The lowest BCUT2D eigenvalue weighted by atomic mass is 10.2. The van der Waals surface area contributed by atoms with Gasteiger partial charge in [0.05, 0.1) is 25.6 Å². The monoisotopic (exact) mass is 308 g/mol. The maximum Gasteiger partial charge on any atom is 0.265 e. The molecule has 0 saturated heterocycles. The molecule has 0 fully saturated rings. The number of hydrogen-bond donors (Lipinski definition) is 2. The Bertz CT molecular complexity index is 744. The second-order valence-electron chi connectivity index (χ2n) is 4.21. The van der Waals surface area contributed by atoms with Gasteiger partial charge in [-0.15, -0.1) is 0 Å². The zero-order valence-electron chi connectivity index (χ0n) is 11.7. The van der Waals surface area contributed by atoms with Crippen LogP contribution in [-0.4, -0.2) is 22.6 Å². The van der Waals surface area contributed by atoms with Crippen molar-refractivity contribution in [1.29, 1.82) is 0 Å². The fourth-order valence-electron chi connectivity index (χ4n) is 1.85. The van der Waals surface area contributed by atoms with Gasteiger partial charge in [0.2, 0.25) is 0 Å². The summed E-state index contributed by atoms with van der Waals surface area (Å²) in [5.74, 6) is 0.752. The largest absolute Gasteiger partial charge is 0.495 e. The lowest BCUT2D eigenvalue weighted by Gasteiger charge is -2.12. The number of hydrogen-bond acceptors (Lipinski definition) is 5. The van der Waals surface area contributed by atoms with Gasteiger partial charge in [-0.25, -0.2) is 8.42 Å². The molecule has 0 aliphatic rings. The van der Waals surface area contributed by atoms with Crippen LogP contribution in [0.4, 0.5) is 11.4 Å². The highest BCUT2D eigenvalue weighted by Gasteiger charge is 2.19. The van der Waals surface area contributed by atoms with Gasteiger partial charge in [0.1, 0.15) is 16.4 Å². The highest BCUT2D eigenvalue weighted by atomic mass is 32.2. The molecule has 3 N–H and O–H groups in total. The van der Waals surface area contributed by atoms with Gasteiger partial charge in [0.25, 0.3) is 10.0 Å². The average molecular weight is 308 g/mol. The van der Waals surface area contributed by atoms with Crippen molar-refractivity contribution in [3.05, 3.63) is 42.5 Å². The molecule has 0 aromatic heterocycles. The smallest absolute Gasteiger partial charge is 0.265 e. The lowest BCUT2D eigenvalue weighted by Crippen LogP contribution is -2.14. The highest BCUT2D eigenvalue weighted by Crippen LogP contribution is 2.28. The summed E-state index contributed by atoms with van der Waals surface area (Å²) in [6.07, 6.45) is 0. The predicted octanol–water partition coefficient (Wildman–Crippen LogP) is 2.09. The molecule has 0 aliphatic heterocycles. The number of nitrogens with one attached hydrogen (secondary N) is 1. The molecule has 2 aromatic rings. The van der Waals surface area contributed by atoms with Gasteiger partial charge in [-0.2, -0.15) is 0 Å². The summed E-state index contributed by atoms with van der Waals surface area (Å²) in [7, 11) is -0.857. The Kier molecular flexibility index (Phi) is 4.23. The van der Waals surface area contributed by atoms with Crippen molar-refractivity contribution in [1.82, 2.24) is 0 Å². The van der Waals surface area contributed by atoms with Crippen molar-refractivity contribution in [2.75, 3.05) is 24.7 Å². The number of ether oxygens (including phenoxy) is 2. The van der Waals surface area contributed by atoms with E-state index in [-0.39, 0.29) is 10.6 Å². The topological polar surface area (TPSA) is 90.6 Å². The van der Waals surface area contributed by atoms with Crippen LogP contribution in [0.1, 0.15) is 0 Å². The second-order valence-corrected chi connectivity index (χ2v) is 5.86. The lowest BCUT2D eigenvalue weighted by molar-refractivity contribution is 0.403. The van der Waals surface area contributed by atoms with Crippen LogP contribution < -0.4 is 19.9 Å². The number of nitrogens with two attached hydrogens (primary N) is 1. The maximum absolute atomic E-state index is 12.4. The first-order chi connectivity index (χ1) is 9.97. The van der Waals surface area contributed by atoms with Crippen LogP contribution in [0.3, 0.4) is 0 Å². The molecule has 112 valence electrons. The fraction of sp³-hybridized carbons (Fsp3) is 0.143. The minimum atomic E-state index is -3.76. The molecule has 2 rings (SSSR count). The quantitative estimate of drug-likeness (QED) is 0.825. The van der Waals surface area contributed by atoms with Gasteiger partial charge in [0, 0.05) is 0 Å². The van der Waals surface area contributed by atoms with E-state index < -0.39 is 10.0 Å². The molecule has 0 unspecified atom stereocenters. The van der Waals surface area contributed by atoms with E-state index >= 15 is 0 Å². The Labute approximate surface area is 123 Å². The Balaban J connectivity index is 2.35. The van der Waals surface area contributed by atoms with E-state index in [2.05, 4.69) is 4.72 Å². The summed E-state index contributed by atoms with van der Waals surface area (Å²) in [5.41, 5.74) is 6.45. The number of nitrogen functional groups attached to an aromatic ring is 1. The minimum absolute atomic E-state index is 0.0573. The van der Waals surface area contributed by atoms with E-state index in [1.54, 1.807) is 30.3 Å². The van der Waals surface area contributed by atoms with Crippen molar-refractivity contribution >= 4 is 21.4 Å². The zero-order chi connectivity index (χ0) is 15.5. The van der Waals surface area contributed by atoms with Gasteiger partial charge < -0.3 is 15.2 Å². The molecule has 21 heavy (non-hydrogen) atoms. The number of benzene rings is 2. The normalized spacial score (nSPS) is 11.0. The summed E-state index contributed by atoms with van der Waals surface area (Å²) in [6.45, 7) is 0. The Morgan fingerprint density at radius 2 is 1.67 bits per heavy atom. The number of para-hydroxylation sites is 1. The van der Waals surface area contributed by atoms with Gasteiger partial charge >= 0.3 is 0 Å². The van der Waals surface area contributed by atoms with E-state index in [0.29, 0.717) is 17.1 Å². The van der Waals surface area contributed by atoms with Crippen LogP contribution in [0.15, 0.2) is 47.4 Å². The Hall–Kier alpha value is -2.41. The molecule has 0 bridgehead atoms. The average Bonchev–Trinajstić information content (AvgIpc) is 2.47. The van der Waals surface area contributed by atoms with E-state index in [0.717, 1.165) is 0 Å². The molecule has 0 heterocycles. The molecule has 0 radical (unpaired) electrons. The molecule has 2 aromatic carbocycles. The third-order valence-corrected chi connectivity index (χ3v) is 4.26. The van der Waals surface area contributed by atoms with E-state index in [1.807, 2.05) is 0 Å². The standard InChI is InChI=1S/C14H16N2O4S/c1-19-12-8-7-10(9-11(12)15)16-21(17,18)14-6-4-3-5-13(14)20-2/h3-9,16H,15H2,1-2H3. The number of rotatable bonds is 5. The van der Waals surface area contributed by atoms with Crippen LogP contribution in [-0.2, 0) is 10.0 Å². The summed E-state index contributed by atoms with van der Waals surface area (Å²) in [5, 5.41) is 0. The molecule has 6 nitrogen and oxygen atoms in total. The van der Waals surface area contributed by atoms with Gasteiger partial charge in [-0.3, -0.25) is 4.72 Å². The molecular formula is C14H16N2O4S. The highest BCUT2D eigenvalue weighted by molar-refractivity contribution is 7.92. The Morgan fingerprint density at radius 3 is 2.29 bits per heavy atom. The van der Waals surface area contributed by atoms with Crippen LogP contribution >= 0.6 is 0 Å². The van der Waals surface area contributed by atoms with E-state index in [4.69, 9.17) is 15.2 Å². The first kappa shape index (κ1) is 15.0. The van der Waals surface area contributed by atoms with Crippen molar-refractivity contribution in [2.45, 2.75) is 4.90 Å². The van der Waals surface area contributed by atoms with Crippen molar-refractivity contribution in [2.24, 2.45) is 0 Å². The Morgan fingerprint density at radius 1 is 1.00 bits per heavy atom. The van der Waals surface area contributed by atoms with Crippen LogP contribution in [0.5, 0.6) is 11.5 Å². The van der Waals surface area contributed by atoms with E-state index in [9.17, 15) is 8.42 Å². The molecule has 0 saturated carbocycles. The third-order valence-electron chi connectivity index (χ3n) is 2.84. The van der Waals surface area contributed by atoms with Crippen LogP contribution in [0.25, 0.3) is 0 Å². The predicted molar refractivity (Wildman–Crippen MR) is 81.2 cm³/mol. The molecule has 7 heteroatoms. The first-order valence-corrected chi connectivity index (χ1v) is 7.55. The second kappa shape index (κ2) is 5.92. The number of methoxy groups -OCH3 is 2. The maximum atomic E-state index is 12.4. The van der Waals surface area contributed by atoms with Gasteiger partial charge in [-0.1, -0.05) is 12.1 Å². The third kappa shape index (κ3) is 3.19. The van der Waals surface area contributed by atoms with Crippen LogP contribution in [0.2, 0.25) is 0 Å². The SMILES string of the molecule is COc1ccc(NS(=O)(=O)c2ccccc2OC)cc1N. The van der Waals surface area contributed by atoms with Crippen molar-refractivity contribution in [3.63, 3.8) is 0 Å². The summed E-state index contributed by atoms with van der Waals surface area (Å²) in [6, 6.07) is 11.0. The number of sulfonamides is 1. The van der Waals surface area contributed by atoms with E-state index in [1.165, 1.54) is 26.4 Å². The molecule has 0 amide bonds. The first-order valence-electron chi connectivity index (χ1n) is 6.07. The van der Waals surface area contributed by atoms with Crippen molar-refractivity contribution in [3.8, 4) is 11.5 Å². The van der Waals surface area contributed by atoms with Crippen molar-refractivity contribution < 1.29 is 17.9 Å². The van der Waals surface area contributed by atoms with Crippen LogP contribution in [0, 0.1) is 0 Å². The molecule has 0 atom stereocenters. The summed E-state index contributed by atoms with van der Waals surface area (Å²) < 4.78 is 37.3. The summed E-state index contributed by atoms with van der Waals surface area (Å²) in [4.78, 5) is 0.0573. The summed E-state index contributed by atoms with van der Waals surface area (Å²) >= 11 is 0. The van der Waals surface area contributed by atoms with Gasteiger partial charge in [-0.05, 0) is 30.3 Å². The van der Waals surface area contributed by atoms with Gasteiger partial charge in [0.15, 0.2) is 0 Å². The minimum Gasteiger partial charge on any atom is -0.495 e. The molecule has 0 spiro atoms. The molecule has 0 aliphatic carbocycles. The zero-order valence-corrected chi connectivity index (χ0v) is 12.5.